The van der Waals surface area contributed by atoms with Crippen LogP contribution in [0.5, 0.6) is 6.01 Å². The van der Waals surface area contributed by atoms with Crippen LogP contribution in [-0.4, -0.2) is 16.6 Å². The maximum atomic E-state index is 5.83. The monoisotopic (exact) mass is 318 g/mol. The maximum absolute atomic E-state index is 5.83. The van der Waals surface area contributed by atoms with Gasteiger partial charge in [0, 0.05) is 12.6 Å². The van der Waals surface area contributed by atoms with Crippen molar-refractivity contribution in [2.24, 2.45) is 5.92 Å². The van der Waals surface area contributed by atoms with Gasteiger partial charge in [0.2, 0.25) is 5.71 Å². The van der Waals surface area contributed by atoms with Crippen molar-refractivity contribution in [1.82, 2.24) is 9.97 Å². The molecule has 23 heavy (non-hydrogen) atoms. The molecule has 0 amide bonds. The quantitative estimate of drug-likeness (QED) is 0.510. The highest BCUT2D eigenvalue weighted by Crippen LogP contribution is 2.20. The Hall–Kier alpha value is -1.58. The normalized spacial score (nSPS) is 11.5. The summed E-state index contributed by atoms with van der Waals surface area (Å²) in [5, 5.41) is 0.960. The summed E-state index contributed by atoms with van der Waals surface area (Å²) in [5.41, 5.74) is 0.639. The number of aromatic nitrogens is 2. The van der Waals surface area contributed by atoms with E-state index in [0.29, 0.717) is 24.2 Å². The first-order chi connectivity index (χ1) is 11.2. The summed E-state index contributed by atoms with van der Waals surface area (Å²) in [6.45, 7) is 7.24. The Balaban J connectivity index is 1.81. The molecule has 0 bridgehead atoms. The lowest BCUT2D eigenvalue weighted by Gasteiger charge is -2.05. The summed E-state index contributed by atoms with van der Waals surface area (Å²) < 4.78 is 11.4. The van der Waals surface area contributed by atoms with E-state index in [1.165, 1.54) is 38.5 Å². The minimum absolute atomic E-state index is 0.415. The number of aryl methyl sites for hydroxylation is 1. The van der Waals surface area contributed by atoms with Gasteiger partial charge < -0.3 is 9.15 Å². The lowest BCUT2D eigenvalue weighted by molar-refractivity contribution is 0.268. The van der Waals surface area contributed by atoms with Crippen molar-refractivity contribution in [1.29, 1.82) is 0 Å². The number of nitrogens with zero attached hydrogens (tertiary/aromatic N) is 2. The summed E-state index contributed by atoms with van der Waals surface area (Å²) in [5.74, 6) is 1.62. The Kier molecular flexibility index (Phi) is 7.37. The number of ether oxygens (including phenoxy) is 1. The molecular formula is C19H30N2O2. The van der Waals surface area contributed by atoms with Gasteiger partial charge in [0.1, 0.15) is 5.76 Å². The van der Waals surface area contributed by atoms with Crippen molar-refractivity contribution in [2.45, 2.75) is 72.1 Å². The van der Waals surface area contributed by atoms with E-state index in [2.05, 4.69) is 36.8 Å². The first kappa shape index (κ1) is 17.8. The molecular weight excluding hydrogens is 288 g/mol. The third-order valence-electron chi connectivity index (χ3n) is 4.01. The van der Waals surface area contributed by atoms with E-state index < -0.39 is 0 Å². The van der Waals surface area contributed by atoms with Gasteiger partial charge in [-0.25, -0.2) is 4.98 Å². The molecule has 0 saturated heterocycles. The summed E-state index contributed by atoms with van der Waals surface area (Å²) in [4.78, 5) is 8.62. The van der Waals surface area contributed by atoms with E-state index >= 15 is 0 Å². The molecule has 0 aromatic carbocycles. The van der Waals surface area contributed by atoms with E-state index in [9.17, 15) is 0 Å². The van der Waals surface area contributed by atoms with E-state index in [1.807, 2.05) is 0 Å². The molecule has 0 saturated carbocycles. The average Bonchev–Trinajstić information content (AvgIpc) is 2.92. The molecule has 128 valence electrons. The van der Waals surface area contributed by atoms with Crippen LogP contribution in [0.2, 0.25) is 0 Å². The lowest BCUT2D eigenvalue weighted by atomic mass is 10.1. The van der Waals surface area contributed by atoms with Crippen molar-refractivity contribution in [3.05, 3.63) is 18.0 Å². The van der Waals surface area contributed by atoms with Gasteiger partial charge in [0.25, 0.3) is 0 Å². The maximum Gasteiger partial charge on any atom is 0.319 e. The molecule has 4 nitrogen and oxygen atoms in total. The lowest BCUT2D eigenvalue weighted by Crippen LogP contribution is -2.03. The van der Waals surface area contributed by atoms with Gasteiger partial charge in [0.15, 0.2) is 0 Å². The van der Waals surface area contributed by atoms with Crippen LogP contribution in [0.15, 0.2) is 16.7 Å². The van der Waals surface area contributed by atoms with Crippen LogP contribution in [0, 0.1) is 5.92 Å². The molecule has 0 unspecified atom stereocenters. The van der Waals surface area contributed by atoms with Crippen LogP contribution in [0.3, 0.4) is 0 Å². The molecule has 0 spiro atoms. The highest BCUT2D eigenvalue weighted by molar-refractivity contribution is 5.73. The van der Waals surface area contributed by atoms with E-state index in [1.54, 1.807) is 6.20 Å². The molecule has 0 atom stereocenters. The molecule has 0 N–H and O–H groups in total. The molecule has 0 radical (unpaired) electrons. The minimum Gasteiger partial charge on any atom is -0.463 e. The second kappa shape index (κ2) is 9.53. The van der Waals surface area contributed by atoms with Crippen LogP contribution >= 0.6 is 0 Å². The Labute approximate surface area is 139 Å². The van der Waals surface area contributed by atoms with Gasteiger partial charge >= 0.3 is 6.01 Å². The zero-order chi connectivity index (χ0) is 16.5. The third-order valence-corrected chi connectivity index (χ3v) is 4.01. The predicted octanol–water partition coefficient (Wildman–Crippen LogP) is 5.55. The van der Waals surface area contributed by atoms with Crippen molar-refractivity contribution in [3.63, 3.8) is 0 Å². The molecule has 2 aromatic heterocycles. The van der Waals surface area contributed by atoms with Crippen LogP contribution in [0.4, 0.5) is 0 Å². The fraction of sp³-hybridized carbons (Fsp3) is 0.684. The molecule has 0 aliphatic carbocycles. The highest BCUT2D eigenvalue weighted by Gasteiger charge is 2.08. The highest BCUT2D eigenvalue weighted by atomic mass is 16.5. The molecule has 4 heteroatoms. The Morgan fingerprint density at radius 3 is 2.70 bits per heavy atom. The van der Waals surface area contributed by atoms with Crippen molar-refractivity contribution < 1.29 is 9.15 Å². The van der Waals surface area contributed by atoms with Gasteiger partial charge in [-0.1, -0.05) is 52.9 Å². The number of rotatable bonds is 11. The van der Waals surface area contributed by atoms with E-state index in [4.69, 9.17) is 9.15 Å². The second-order valence-corrected chi connectivity index (χ2v) is 6.67. The van der Waals surface area contributed by atoms with Gasteiger partial charge in [0.05, 0.1) is 12.0 Å². The Bertz CT molecular complexity index is 578. The Morgan fingerprint density at radius 2 is 1.91 bits per heavy atom. The number of hydrogen-bond acceptors (Lipinski definition) is 4. The summed E-state index contributed by atoms with van der Waals surface area (Å²) in [6, 6.07) is 2.47. The van der Waals surface area contributed by atoms with E-state index in [-0.39, 0.29) is 0 Å². The molecule has 2 heterocycles. The van der Waals surface area contributed by atoms with Crippen LogP contribution < -0.4 is 4.74 Å². The third kappa shape index (κ3) is 6.20. The number of fused-ring (bicyclic) bond motifs is 1. The summed E-state index contributed by atoms with van der Waals surface area (Å²) in [6.07, 6.45) is 11.5. The van der Waals surface area contributed by atoms with Crippen LogP contribution in [0.1, 0.15) is 71.5 Å². The zero-order valence-corrected chi connectivity index (χ0v) is 14.8. The van der Waals surface area contributed by atoms with E-state index in [0.717, 1.165) is 24.0 Å². The molecule has 2 aromatic rings. The number of furan rings is 1. The van der Waals surface area contributed by atoms with Gasteiger partial charge in [-0.05, 0) is 24.8 Å². The summed E-state index contributed by atoms with van der Waals surface area (Å²) in [7, 11) is 0. The Morgan fingerprint density at radius 1 is 1.13 bits per heavy atom. The predicted molar refractivity (Wildman–Crippen MR) is 93.8 cm³/mol. The first-order valence-electron chi connectivity index (χ1n) is 9.07. The molecule has 2 rings (SSSR count). The summed E-state index contributed by atoms with van der Waals surface area (Å²) >= 11 is 0. The van der Waals surface area contributed by atoms with Crippen LogP contribution in [0.25, 0.3) is 11.1 Å². The second-order valence-electron chi connectivity index (χ2n) is 6.67. The molecule has 0 aliphatic rings. The average molecular weight is 318 g/mol. The van der Waals surface area contributed by atoms with Crippen LogP contribution in [-0.2, 0) is 6.42 Å². The van der Waals surface area contributed by atoms with Crippen molar-refractivity contribution in [2.75, 3.05) is 6.61 Å². The standard InChI is InChI=1S/C19H30N2O2/c1-4-5-6-7-8-9-10-17-13-16-14-20-19(21-18(16)23-17)22-12-11-15(2)3/h13-15H,4-12H2,1-3H3. The number of hydrogen-bond donors (Lipinski definition) is 0. The number of unbranched alkanes of at least 4 members (excludes halogenated alkanes) is 5. The van der Waals surface area contributed by atoms with Gasteiger partial charge in [-0.3, -0.25) is 0 Å². The first-order valence-corrected chi connectivity index (χ1v) is 9.07. The zero-order valence-electron chi connectivity index (χ0n) is 14.8. The fourth-order valence-electron chi connectivity index (χ4n) is 2.53. The smallest absolute Gasteiger partial charge is 0.319 e. The molecule has 0 aliphatic heterocycles. The SMILES string of the molecule is CCCCCCCCc1cc2cnc(OCCC(C)C)nc2o1. The topological polar surface area (TPSA) is 48.2 Å². The van der Waals surface area contributed by atoms with Crippen molar-refractivity contribution >= 4 is 11.1 Å². The fourth-order valence-corrected chi connectivity index (χ4v) is 2.53. The molecule has 0 fully saturated rings. The van der Waals surface area contributed by atoms with Gasteiger partial charge in [-0.15, -0.1) is 0 Å². The largest absolute Gasteiger partial charge is 0.463 e. The van der Waals surface area contributed by atoms with Gasteiger partial charge in [-0.2, -0.15) is 4.98 Å². The van der Waals surface area contributed by atoms with Crippen molar-refractivity contribution in [3.8, 4) is 6.01 Å². The minimum atomic E-state index is 0.415.